The van der Waals surface area contributed by atoms with E-state index in [-0.39, 0.29) is 23.7 Å². The molecule has 4 atom stereocenters. The van der Waals surface area contributed by atoms with E-state index in [0.29, 0.717) is 18.4 Å². The summed E-state index contributed by atoms with van der Waals surface area (Å²) in [5.41, 5.74) is 7.58. The molecule has 0 spiro atoms. The molecule has 0 amide bonds. The van der Waals surface area contributed by atoms with Gasteiger partial charge in [0.2, 0.25) is 0 Å². The maximum Gasteiger partial charge on any atom is 0.303 e. The molecule has 0 saturated heterocycles. The van der Waals surface area contributed by atoms with Gasteiger partial charge in [-0.2, -0.15) is 0 Å². The third kappa shape index (κ3) is 7.56. The number of unbranched alkanes of at least 4 members (excludes halogenated alkanes) is 5. The first-order valence-corrected chi connectivity index (χ1v) is 14.4. The van der Waals surface area contributed by atoms with Gasteiger partial charge in [0.1, 0.15) is 0 Å². The Morgan fingerprint density at radius 2 is 1.69 bits per heavy atom. The minimum absolute atomic E-state index is 0.0657. The Hall–Kier alpha value is -1.87. The van der Waals surface area contributed by atoms with Crippen molar-refractivity contribution in [3.05, 3.63) is 60.2 Å². The lowest BCUT2D eigenvalue weighted by atomic mass is 9.56. The Morgan fingerprint density at radius 3 is 2.34 bits per heavy atom. The Kier molecular flexibility index (Phi) is 11.6. The first-order chi connectivity index (χ1) is 17.1. The van der Waals surface area contributed by atoms with Crippen LogP contribution in [-0.4, -0.2) is 17.6 Å². The van der Waals surface area contributed by atoms with Crippen LogP contribution in [0.1, 0.15) is 102 Å². The number of carboxylic acids is 1. The predicted octanol–water partition coefficient (Wildman–Crippen LogP) is 8.05. The van der Waals surface area contributed by atoms with E-state index in [1.807, 2.05) is 0 Å². The number of nitrogens with two attached hydrogens (primary N) is 1. The van der Waals surface area contributed by atoms with E-state index in [9.17, 15) is 9.90 Å². The number of hydrogen-bond acceptors (Lipinski definition) is 2. The molecule has 0 unspecified atom stereocenters. The average Bonchev–Trinajstić information content (AvgIpc) is 3.36. The number of rotatable bonds is 15. The SMILES string of the molecule is CCCCCC/C=C\CCC[C@@H]1C=C[C@@H](C2(c3ccccc3)CCCC2)[C@H](CC(=O)O)[C@H]1CCN. The second-order valence-electron chi connectivity index (χ2n) is 11.1. The van der Waals surface area contributed by atoms with Crippen LogP contribution >= 0.6 is 0 Å². The molecule has 0 bridgehead atoms. The topological polar surface area (TPSA) is 63.3 Å². The van der Waals surface area contributed by atoms with Gasteiger partial charge >= 0.3 is 5.97 Å². The summed E-state index contributed by atoms with van der Waals surface area (Å²) in [6.07, 6.45) is 25.4. The number of carboxylic acid groups (broad SMARTS) is 1. The number of aliphatic carboxylic acids is 1. The number of allylic oxidation sites excluding steroid dienone is 4. The Morgan fingerprint density at radius 1 is 0.971 bits per heavy atom. The van der Waals surface area contributed by atoms with Gasteiger partial charge in [-0.1, -0.05) is 93.7 Å². The van der Waals surface area contributed by atoms with Crippen LogP contribution in [-0.2, 0) is 10.2 Å². The number of hydrogen-bond donors (Lipinski definition) is 2. The Labute approximate surface area is 214 Å². The Balaban J connectivity index is 1.73. The molecule has 2 aliphatic carbocycles. The third-order valence-corrected chi connectivity index (χ3v) is 8.82. The average molecular weight is 480 g/mol. The lowest BCUT2D eigenvalue weighted by molar-refractivity contribution is -0.139. The largest absolute Gasteiger partial charge is 0.481 e. The molecule has 1 fully saturated rings. The van der Waals surface area contributed by atoms with E-state index >= 15 is 0 Å². The van der Waals surface area contributed by atoms with E-state index in [1.54, 1.807) is 0 Å². The van der Waals surface area contributed by atoms with Crippen molar-refractivity contribution in [2.75, 3.05) is 6.54 Å². The summed E-state index contributed by atoms with van der Waals surface area (Å²) in [5, 5.41) is 9.94. The summed E-state index contributed by atoms with van der Waals surface area (Å²) >= 11 is 0. The smallest absolute Gasteiger partial charge is 0.303 e. The molecule has 3 rings (SSSR count). The first-order valence-electron chi connectivity index (χ1n) is 14.4. The van der Waals surface area contributed by atoms with Gasteiger partial charge < -0.3 is 10.8 Å². The molecular formula is C32H49NO2. The van der Waals surface area contributed by atoms with Gasteiger partial charge in [0, 0.05) is 11.8 Å². The lowest BCUT2D eigenvalue weighted by Crippen LogP contribution is -2.44. The quantitative estimate of drug-likeness (QED) is 0.197. The third-order valence-electron chi connectivity index (χ3n) is 8.82. The van der Waals surface area contributed by atoms with E-state index in [0.717, 1.165) is 38.5 Å². The zero-order chi connectivity index (χ0) is 24.9. The van der Waals surface area contributed by atoms with E-state index in [1.165, 1.54) is 50.5 Å². The van der Waals surface area contributed by atoms with Crippen LogP contribution in [0, 0.1) is 23.7 Å². The number of carbonyl (C=O) groups is 1. The van der Waals surface area contributed by atoms with Crippen molar-refractivity contribution in [2.45, 2.75) is 102 Å². The molecule has 0 aliphatic heterocycles. The highest BCUT2D eigenvalue weighted by atomic mass is 16.4. The fourth-order valence-electron chi connectivity index (χ4n) is 7.12. The monoisotopic (exact) mass is 479 g/mol. The highest BCUT2D eigenvalue weighted by Crippen LogP contribution is 2.55. The normalized spacial score (nSPS) is 25.9. The van der Waals surface area contributed by atoms with Gasteiger partial charge in [0.25, 0.3) is 0 Å². The molecule has 1 saturated carbocycles. The van der Waals surface area contributed by atoms with E-state index in [4.69, 9.17) is 5.73 Å². The van der Waals surface area contributed by atoms with Crippen molar-refractivity contribution in [2.24, 2.45) is 29.4 Å². The molecule has 0 radical (unpaired) electrons. The van der Waals surface area contributed by atoms with Gasteiger partial charge in [-0.05, 0) is 87.1 Å². The van der Waals surface area contributed by atoms with Crippen LogP contribution in [0.3, 0.4) is 0 Å². The van der Waals surface area contributed by atoms with Crippen molar-refractivity contribution in [3.8, 4) is 0 Å². The maximum atomic E-state index is 12.1. The van der Waals surface area contributed by atoms with Crippen molar-refractivity contribution in [3.63, 3.8) is 0 Å². The van der Waals surface area contributed by atoms with Crippen LogP contribution in [0.5, 0.6) is 0 Å². The van der Waals surface area contributed by atoms with Gasteiger partial charge in [-0.15, -0.1) is 0 Å². The minimum Gasteiger partial charge on any atom is -0.481 e. The molecule has 3 N–H and O–H groups in total. The first kappa shape index (κ1) is 27.7. The van der Waals surface area contributed by atoms with Crippen LogP contribution < -0.4 is 5.73 Å². The molecule has 1 aromatic carbocycles. The van der Waals surface area contributed by atoms with Gasteiger partial charge in [-0.25, -0.2) is 0 Å². The van der Waals surface area contributed by atoms with Crippen LogP contribution in [0.15, 0.2) is 54.6 Å². The molecular weight excluding hydrogens is 430 g/mol. The highest BCUT2D eigenvalue weighted by Gasteiger charge is 2.49. The van der Waals surface area contributed by atoms with Crippen molar-refractivity contribution in [1.82, 2.24) is 0 Å². The van der Waals surface area contributed by atoms with Crippen molar-refractivity contribution < 1.29 is 9.90 Å². The minimum atomic E-state index is -0.664. The molecule has 3 heteroatoms. The Bertz CT molecular complexity index is 793. The maximum absolute atomic E-state index is 12.1. The molecule has 194 valence electrons. The van der Waals surface area contributed by atoms with Gasteiger partial charge in [-0.3, -0.25) is 4.79 Å². The molecule has 35 heavy (non-hydrogen) atoms. The van der Waals surface area contributed by atoms with Crippen LogP contribution in [0.25, 0.3) is 0 Å². The van der Waals surface area contributed by atoms with Gasteiger partial charge in [0.15, 0.2) is 0 Å². The summed E-state index contributed by atoms with van der Waals surface area (Å²) in [7, 11) is 0. The second-order valence-corrected chi connectivity index (χ2v) is 11.1. The molecule has 3 nitrogen and oxygen atoms in total. The fraction of sp³-hybridized carbons (Fsp3) is 0.656. The van der Waals surface area contributed by atoms with Crippen LogP contribution in [0.4, 0.5) is 0 Å². The predicted molar refractivity (Wildman–Crippen MR) is 147 cm³/mol. The molecule has 2 aliphatic rings. The van der Waals surface area contributed by atoms with Crippen molar-refractivity contribution >= 4 is 5.97 Å². The highest BCUT2D eigenvalue weighted by molar-refractivity contribution is 5.67. The number of benzene rings is 1. The summed E-state index contributed by atoms with van der Waals surface area (Å²) in [6, 6.07) is 10.9. The zero-order valence-corrected chi connectivity index (χ0v) is 22.0. The summed E-state index contributed by atoms with van der Waals surface area (Å²) in [5.74, 6) is 0.553. The standard InChI is InChI=1S/C32H49NO2/c1-2-3-4-5-6-7-8-9-11-16-26-19-20-30(29(25-31(34)35)28(26)21-24-33)32(22-14-15-23-32)27-17-12-10-13-18-27/h7-8,10,12-13,17-20,26,28-30H,2-6,9,11,14-16,21-25,33H2,1H3,(H,34,35)/b8-7-/t26-,28+,29-,30-/m1/s1. The van der Waals surface area contributed by atoms with Crippen LogP contribution in [0.2, 0.25) is 0 Å². The molecule has 0 heterocycles. The summed E-state index contributed by atoms with van der Waals surface area (Å²) in [6.45, 7) is 2.89. The zero-order valence-electron chi connectivity index (χ0n) is 22.0. The molecule has 1 aromatic rings. The van der Waals surface area contributed by atoms with E-state index in [2.05, 4.69) is 61.6 Å². The second kappa shape index (κ2) is 14.6. The van der Waals surface area contributed by atoms with Crippen molar-refractivity contribution in [1.29, 1.82) is 0 Å². The fourth-order valence-corrected chi connectivity index (χ4v) is 7.12. The van der Waals surface area contributed by atoms with E-state index < -0.39 is 5.97 Å². The van der Waals surface area contributed by atoms with Gasteiger partial charge in [0.05, 0.1) is 0 Å². The molecule has 0 aromatic heterocycles. The summed E-state index contributed by atoms with van der Waals surface area (Å²) in [4.78, 5) is 12.1. The summed E-state index contributed by atoms with van der Waals surface area (Å²) < 4.78 is 0. The lowest BCUT2D eigenvalue weighted by Gasteiger charge is -2.48.